The van der Waals surface area contributed by atoms with E-state index in [4.69, 9.17) is 4.74 Å². The Labute approximate surface area is 155 Å². The number of hydrogen-bond donors (Lipinski definition) is 2. The van der Waals surface area contributed by atoms with Crippen LogP contribution in [0.2, 0.25) is 0 Å². The second-order valence-electron chi connectivity index (χ2n) is 6.52. The Balaban J connectivity index is 1.68. The van der Waals surface area contributed by atoms with Crippen LogP contribution in [0, 0.1) is 11.6 Å². The van der Waals surface area contributed by atoms with Crippen molar-refractivity contribution in [3.05, 3.63) is 65.7 Å². The van der Waals surface area contributed by atoms with Crippen LogP contribution >= 0.6 is 0 Å². The minimum atomic E-state index is -0.943. The summed E-state index contributed by atoms with van der Waals surface area (Å²) in [6.07, 6.45) is 1.27. The average Bonchev–Trinajstić information content (AvgIpc) is 2.69. The number of rotatable bonds is 4. The van der Waals surface area contributed by atoms with E-state index in [0.717, 1.165) is 5.56 Å². The van der Waals surface area contributed by atoms with Crippen molar-refractivity contribution in [1.29, 1.82) is 0 Å². The molecule has 27 heavy (non-hydrogen) atoms. The maximum absolute atomic E-state index is 13.6. The molecule has 1 saturated heterocycles. The number of benzene rings is 2. The molecule has 7 heteroatoms. The van der Waals surface area contributed by atoms with Crippen LogP contribution in [0.15, 0.2) is 48.5 Å². The Morgan fingerprint density at radius 1 is 0.963 bits per heavy atom. The topological polar surface area (TPSA) is 67.4 Å². The first-order chi connectivity index (χ1) is 13.0. The number of nitrogens with one attached hydrogen (secondary N) is 2. The largest absolute Gasteiger partial charge is 0.381 e. The molecule has 0 aliphatic carbocycles. The molecule has 2 aromatic carbocycles. The van der Waals surface area contributed by atoms with Crippen LogP contribution in [0.3, 0.4) is 0 Å². The lowest BCUT2D eigenvalue weighted by Gasteiger charge is -2.37. The third-order valence-corrected chi connectivity index (χ3v) is 4.82. The highest BCUT2D eigenvalue weighted by Crippen LogP contribution is 2.34. The van der Waals surface area contributed by atoms with Crippen molar-refractivity contribution in [1.82, 2.24) is 5.32 Å². The molecule has 0 bridgehead atoms. The van der Waals surface area contributed by atoms with E-state index >= 15 is 0 Å². The molecule has 2 aromatic rings. The summed E-state index contributed by atoms with van der Waals surface area (Å²) in [5.74, 6) is -2.76. The Bertz CT molecular complexity index is 818. The van der Waals surface area contributed by atoms with Crippen LogP contribution < -0.4 is 10.6 Å². The second kappa shape index (κ2) is 8.26. The molecule has 142 valence electrons. The van der Waals surface area contributed by atoms with E-state index in [-0.39, 0.29) is 18.0 Å². The van der Waals surface area contributed by atoms with Crippen LogP contribution in [0.1, 0.15) is 18.4 Å². The van der Waals surface area contributed by atoms with Gasteiger partial charge in [0.25, 0.3) is 0 Å². The minimum absolute atomic E-state index is 0.0584. The van der Waals surface area contributed by atoms with E-state index in [2.05, 4.69) is 10.6 Å². The Kier molecular flexibility index (Phi) is 5.81. The van der Waals surface area contributed by atoms with E-state index in [1.165, 1.54) is 30.3 Å². The molecule has 2 amide bonds. The summed E-state index contributed by atoms with van der Waals surface area (Å²) >= 11 is 0. The van der Waals surface area contributed by atoms with Gasteiger partial charge >= 0.3 is 11.8 Å². The van der Waals surface area contributed by atoms with Gasteiger partial charge in [0, 0.05) is 25.2 Å². The van der Waals surface area contributed by atoms with E-state index in [0.29, 0.717) is 26.1 Å². The number of halogens is 2. The van der Waals surface area contributed by atoms with E-state index < -0.39 is 23.0 Å². The molecule has 0 unspecified atom stereocenters. The van der Waals surface area contributed by atoms with Crippen molar-refractivity contribution in [2.75, 3.05) is 25.1 Å². The third kappa shape index (κ3) is 4.49. The van der Waals surface area contributed by atoms with Crippen molar-refractivity contribution in [3.8, 4) is 0 Å². The molecule has 3 rings (SSSR count). The van der Waals surface area contributed by atoms with Gasteiger partial charge in [-0.15, -0.1) is 0 Å². The summed E-state index contributed by atoms with van der Waals surface area (Å²) in [6, 6.07) is 11.7. The second-order valence-corrected chi connectivity index (χ2v) is 6.52. The zero-order valence-corrected chi connectivity index (χ0v) is 14.6. The number of anilines is 1. The molecule has 1 heterocycles. The normalized spacial score (nSPS) is 15.8. The molecule has 1 fully saturated rings. The maximum Gasteiger partial charge on any atom is 0.313 e. The van der Waals surface area contributed by atoms with Crippen molar-refractivity contribution in [2.24, 2.45) is 0 Å². The first-order valence-electron chi connectivity index (χ1n) is 8.68. The van der Waals surface area contributed by atoms with E-state index in [1.807, 2.05) is 0 Å². The number of amides is 2. The zero-order chi connectivity index (χ0) is 19.3. The number of ether oxygens (including phenoxy) is 1. The van der Waals surface area contributed by atoms with Gasteiger partial charge in [0.05, 0.1) is 5.69 Å². The van der Waals surface area contributed by atoms with Gasteiger partial charge in [-0.2, -0.15) is 0 Å². The summed E-state index contributed by atoms with van der Waals surface area (Å²) < 4.78 is 32.3. The molecule has 0 radical (unpaired) electrons. The molecule has 0 atom stereocenters. The lowest BCUT2D eigenvalue weighted by Crippen LogP contribution is -2.47. The quantitative estimate of drug-likeness (QED) is 0.809. The highest BCUT2D eigenvalue weighted by molar-refractivity contribution is 6.39. The fourth-order valence-corrected chi connectivity index (χ4v) is 3.20. The Hall–Kier alpha value is -2.80. The fourth-order valence-electron chi connectivity index (χ4n) is 3.20. The van der Waals surface area contributed by atoms with Crippen molar-refractivity contribution in [2.45, 2.75) is 18.3 Å². The van der Waals surface area contributed by atoms with Gasteiger partial charge in [0.2, 0.25) is 0 Å². The molecular formula is C20H20F2N2O3. The van der Waals surface area contributed by atoms with Crippen LogP contribution in [0.5, 0.6) is 0 Å². The van der Waals surface area contributed by atoms with Gasteiger partial charge < -0.3 is 15.4 Å². The molecule has 1 aliphatic heterocycles. The summed E-state index contributed by atoms with van der Waals surface area (Å²) in [6.45, 7) is 1.22. The van der Waals surface area contributed by atoms with Gasteiger partial charge in [-0.05, 0) is 42.7 Å². The fraction of sp³-hybridized carbons (Fsp3) is 0.300. The van der Waals surface area contributed by atoms with Crippen molar-refractivity contribution < 1.29 is 23.1 Å². The van der Waals surface area contributed by atoms with Crippen LogP contribution in [-0.4, -0.2) is 31.6 Å². The van der Waals surface area contributed by atoms with Gasteiger partial charge in [0.15, 0.2) is 0 Å². The zero-order valence-electron chi connectivity index (χ0n) is 14.6. The highest BCUT2D eigenvalue weighted by atomic mass is 19.1. The lowest BCUT2D eigenvalue weighted by atomic mass is 9.74. The predicted molar refractivity (Wildman–Crippen MR) is 96.2 cm³/mol. The molecule has 0 spiro atoms. The number of carbonyl (C=O) groups is 2. The van der Waals surface area contributed by atoms with Crippen molar-refractivity contribution in [3.63, 3.8) is 0 Å². The molecular weight excluding hydrogens is 354 g/mol. The highest BCUT2D eigenvalue weighted by Gasteiger charge is 2.35. The average molecular weight is 374 g/mol. The molecule has 5 nitrogen and oxygen atoms in total. The first-order valence-corrected chi connectivity index (χ1v) is 8.68. The summed E-state index contributed by atoms with van der Waals surface area (Å²) in [5.41, 5.74) is 0.374. The van der Waals surface area contributed by atoms with Gasteiger partial charge in [-0.25, -0.2) is 8.78 Å². The molecule has 0 aromatic heterocycles. The van der Waals surface area contributed by atoms with Crippen LogP contribution in [0.25, 0.3) is 0 Å². The van der Waals surface area contributed by atoms with Gasteiger partial charge in [0.1, 0.15) is 11.6 Å². The monoisotopic (exact) mass is 374 g/mol. The number of hydrogen-bond acceptors (Lipinski definition) is 3. The predicted octanol–water partition coefficient (Wildman–Crippen LogP) is 2.77. The summed E-state index contributed by atoms with van der Waals surface area (Å²) in [5, 5.41) is 4.88. The van der Waals surface area contributed by atoms with Gasteiger partial charge in [-0.3, -0.25) is 9.59 Å². The van der Waals surface area contributed by atoms with E-state index in [9.17, 15) is 18.4 Å². The molecule has 0 saturated carbocycles. The van der Waals surface area contributed by atoms with Crippen LogP contribution in [0.4, 0.5) is 14.5 Å². The van der Waals surface area contributed by atoms with Crippen LogP contribution in [-0.2, 0) is 19.7 Å². The Morgan fingerprint density at radius 3 is 2.30 bits per heavy atom. The SMILES string of the molecule is O=C(NCC1(c2ccc(F)cc2)CCOCC1)C(=O)Nc1ccccc1F. The summed E-state index contributed by atoms with van der Waals surface area (Å²) in [4.78, 5) is 24.3. The summed E-state index contributed by atoms with van der Waals surface area (Å²) in [7, 11) is 0. The smallest absolute Gasteiger partial charge is 0.313 e. The minimum Gasteiger partial charge on any atom is -0.381 e. The standard InChI is InChI=1S/C20H20F2N2O3/c21-15-7-5-14(6-8-15)20(9-11-27-12-10-20)13-23-18(25)19(26)24-17-4-2-1-3-16(17)22/h1-8H,9-13H2,(H,23,25)(H,24,26). The maximum atomic E-state index is 13.6. The van der Waals surface area contributed by atoms with Crippen molar-refractivity contribution >= 4 is 17.5 Å². The van der Waals surface area contributed by atoms with Gasteiger partial charge in [-0.1, -0.05) is 24.3 Å². The number of carbonyl (C=O) groups excluding carboxylic acids is 2. The molecule has 2 N–H and O–H groups in total. The third-order valence-electron chi connectivity index (χ3n) is 4.82. The lowest BCUT2D eigenvalue weighted by molar-refractivity contribution is -0.136. The Morgan fingerprint density at radius 2 is 1.63 bits per heavy atom. The molecule has 1 aliphatic rings. The number of para-hydroxylation sites is 1. The first kappa shape index (κ1) is 19.0. The van der Waals surface area contributed by atoms with E-state index in [1.54, 1.807) is 18.2 Å².